The van der Waals surface area contributed by atoms with Crippen molar-refractivity contribution in [1.29, 1.82) is 0 Å². The van der Waals surface area contributed by atoms with Gasteiger partial charge in [-0.05, 0) is 25.1 Å². The molecule has 0 spiro atoms. The summed E-state index contributed by atoms with van der Waals surface area (Å²) in [6, 6.07) is 3.14. The van der Waals surface area contributed by atoms with Crippen molar-refractivity contribution in [2.45, 2.75) is 13.3 Å². The Morgan fingerprint density at radius 2 is 1.96 bits per heavy atom. The molecular weight excluding hydrogens is 342 g/mol. The van der Waals surface area contributed by atoms with Crippen LogP contribution in [-0.2, 0) is 16.0 Å². The van der Waals surface area contributed by atoms with Crippen LogP contribution in [0.5, 0.6) is 0 Å². The maximum absolute atomic E-state index is 13.7. The molecule has 0 saturated carbocycles. The summed E-state index contributed by atoms with van der Waals surface area (Å²) < 4.78 is 32.0. The third kappa shape index (κ3) is 4.05. The Balaban J connectivity index is 2.20. The predicted octanol–water partition coefficient (Wildman–Crippen LogP) is 3.37. The molecule has 2 aromatic rings. The molecule has 5 nitrogen and oxygen atoms in total. The Morgan fingerprint density at radius 1 is 1.25 bits per heavy atom. The molecule has 0 radical (unpaired) electrons. The van der Waals surface area contributed by atoms with Gasteiger partial charge in [-0.25, -0.2) is 13.6 Å². The molecule has 0 aliphatic carbocycles. The van der Waals surface area contributed by atoms with E-state index in [0.29, 0.717) is 0 Å². The number of aromatic nitrogens is 1. The zero-order chi connectivity index (χ0) is 17.7. The first-order valence-corrected chi connectivity index (χ1v) is 7.35. The molecule has 0 unspecified atom stereocenters. The summed E-state index contributed by atoms with van der Waals surface area (Å²) in [5.74, 6) is -2.94. The van der Waals surface area contributed by atoms with E-state index >= 15 is 0 Å². The van der Waals surface area contributed by atoms with E-state index in [1.54, 1.807) is 6.92 Å². The van der Waals surface area contributed by atoms with Crippen LogP contribution >= 0.6 is 11.6 Å². The third-order valence-corrected chi connectivity index (χ3v) is 3.48. The van der Waals surface area contributed by atoms with Crippen LogP contribution in [0.3, 0.4) is 0 Å². The third-order valence-electron chi connectivity index (χ3n) is 3.07. The Kier molecular flexibility index (Phi) is 5.81. The van der Waals surface area contributed by atoms with Crippen LogP contribution < -0.4 is 5.32 Å². The van der Waals surface area contributed by atoms with E-state index in [0.717, 1.165) is 12.1 Å². The van der Waals surface area contributed by atoms with Gasteiger partial charge < -0.3 is 10.1 Å². The molecule has 1 aromatic carbocycles. The Morgan fingerprint density at radius 3 is 2.67 bits per heavy atom. The maximum Gasteiger partial charge on any atom is 0.340 e. The number of amides is 1. The van der Waals surface area contributed by atoms with Crippen molar-refractivity contribution in [2.24, 2.45) is 0 Å². The second-order valence-electron chi connectivity index (χ2n) is 4.69. The number of pyridine rings is 1. The van der Waals surface area contributed by atoms with Gasteiger partial charge >= 0.3 is 5.97 Å². The number of esters is 1. The highest BCUT2D eigenvalue weighted by Gasteiger charge is 2.18. The van der Waals surface area contributed by atoms with E-state index in [9.17, 15) is 18.4 Å². The molecule has 0 aliphatic heterocycles. The number of anilines is 1. The molecule has 1 heterocycles. The summed E-state index contributed by atoms with van der Waals surface area (Å²) in [6.07, 6.45) is 2.12. The molecule has 0 saturated heterocycles. The monoisotopic (exact) mass is 354 g/mol. The van der Waals surface area contributed by atoms with Crippen molar-refractivity contribution in [3.63, 3.8) is 0 Å². The van der Waals surface area contributed by atoms with Gasteiger partial charge in [-0.1, -0.05) is 11.6 Å². The van der Waals surface area contributed by atoms with Gasteiger partial charge in [-0.3, -0.25) is 9.78 Å². The minimum Gasteiger partial charge on any atom is -0.462 e. The summed E-state index contributed by atoms with van der Waals surface area (Å²) in [4.78, 5) is 27.7. The standard InChI is InChI=1S/C16H13ClF2N2O3/c1-2-24-16(23)9-5-6-20-8-13(9)21-14(22)7-10-11(18)3-4-12(19)15(10)17/h3-6,8H,2,7H2,1H3,(H,21,22). The van der Waals surface area contributed by atoms with Gasteiger partial charge in [0.15, 0.2) is 0 Å². The fraction of sp³-hybridized carbons (Fsp3) is 0.188. The maximum atomic E-state index is 13.7. The second kappa shape index (κ2) is 7.83. The van der Waals surface area contributed by atoms with Crippen LogP contribution in [-0.4, -0.2) is 23.5 Å². The van der Waals surface area contributed by atoms with Crippen molar-refractivity contribution >= 4 is 29.2 Å². The number of rotatable bonds is 5. The molecule has 0 aliphatic rings. The lowest BCUT2D eigenvalue weighted by Gasteiger charge is -2.11. The van der Waals surface area contributed by atoms with Gasteiger partial charge in [0, 0.05) is 11.8 Å². The number of nitrogens with one attached hydrogen (secondary N) is 1. The number of nitrogens with zero attached hydrogens (tertiary/aromatic N) is 1. The summed E-state index contributed by atoms with van der Waals surface area (Å²) in [5.41, 5.74) is -0.0596. The number of hydrogen-bond donors (Lipinski definition) is 1. The molecule has 2 rings (SSSR count). The molecule has 1 amide bonds. The van der Waals surface area contributed by atoms with E-state index in [1.807, 2.05) is 0 Å². The first kappa shape index (κ1) is 17.8. The number of carbonyl (C=O) groups is 2. The lowest BCUT2D eigenvalue weighted by molar-refractivity contribution is -0.115. The van der Waals surface area contributed by atoms with E-state index in [1.165, 1.54) is 18.5 Å². The van der Waals surface area contributed by atoms with Crippen LogP contribution in [0.25, 0.3) is 0 Å². The molecule has 0 bridgehead atoms. The largest absolute Gasteiger partial charge is 0.462 e. The molecule has 0 atom stereocenters. The zero-order valence-electron chi connectivity index (χ0n) is 12.6. The first-order valence-electron chi connectivity index (χ1n) is 6.97. The van der Waals surface area contributed by atoms with Crippen molar-refractivity contribution in [3.8, 4) is 0 Å². The summed E-state index contributed by atoms with van der Waals surface area (Å²) in [5, 5.41) is 1.97. The SMILES string of the molecule is CCOC(=O)c1ccncc1NC(=O)Cc1c(F)ccc(F)c1Cl. The molecule has 24 heavy (non-hydrogen) atoms. The number of carbonyl (C=O) groups excluding carboxylic acids is 2. The van der Waals surface area contributed by atoms with Crippen molar-refractivity contribution in [1.82, 2.24) is 4.98 Å². The predicted molar refractivity (Wildman–Crippen MR) is 83.9 cm³/mol. The fourth-order valence-electron chi connectivity index (χ4n) is 1.97. The van der Waals surface area contributed by atoms with Crippen LogP contribution in [0.4, 0.5) is 14.5 Å². The van der Waals surface area contributed by atoms with Crippen LogP contribution in [0.1, 0.15) is 22.8 Å². The smallest absolute Gasteiger partial charge is 0.340 e. The molecule has 8 heteroatoms. The fourth-order valence-corrected chi connectivity index (χ4v) is 2.19. The zero-order valence-corrected chi connectivity index (χ0v) is 13.4. The lowest BCUT2D eigenvalue weighted by Crippen LogP contribution is -2.18. The summed E-state index contributed by atoms with van der Waals surface area (Å²) in [6.45, 7) is 1.81. The van der Waals surface area contributed by atoms with Crippen LogP contribution in [0, 0.1) is 11.6 Å². The van der Waals surface area contributed by atoms with Gasteiger partial charge in [0.1, 0.15) is 11.6 Å². The normalized spacial score (nSPS) is 10.3. The average molecular weight is 355 g/mol. The molecule has 1 N–H and O–H groups in total. The van der Waals surface area contributed by atoms with Crippen molar-refractivity contribution in [3.05, 3.63) is 58.4 Å². The van der Waals surface area contributed by atoms with E-state index in [-0.39, 0.29) is 23.4 Å². The molecular formula is C16H13ClF2N2O3. The molecule has 0 fully saturated rings. The van der Waals surface area contributed by atoms with E-state index < -0.39 is 35.0 Å². The summed E-state index contributed by atoms with van der Waals surface area (Å²) >= 11 is 5.69. The number of benzene rings is 1. The highest BCUT2D eigenvalue weighted by Crippen LogP contribution is 2.24. The molecule has 126 valence electrons. The second-order valence-corrected chi connectivity index (χ2v) is 5.07. The van der Waals surface area contributed by atoms with Crippen LogP contribution in [0.2, 0.25) is 5.02 Å². The minimum absolute atomic E-state index is 0.103. The van der Waals surface area contributed by atoms with Crippen molar-refractivity contribution in [2.75, 3.05) is 11.9 Å². The average Bonchev–Trinajstić information content (AvgIpc) is 2.56. The Hall–Kier alpha value is -2.54. The Labute approximate surface area is 141 Å². The van der Waals surface area contributed by atoms with Gasteiger partial charge in [0.25, 0.3) is 0 Å². The topological polar surface area (TPSA) is 68.3 Å². The van der Waals surface area contributed by atoms with E-state index in [2.05, 4.69) is 10.3 Å². The van der Waals surface area contributed by atoms with Crippen LogP contribution in [0.15, 0.2) is 30.6 Å². The quantitative estimate of drug-likeness (QED) is 0.660. The van der Waals surface area contributed by atoms with Crippen molar-refractivity contribution < 1.29 is 23.1 Å². The highest BCUT2D eigenvalue weighted by molar-refractivity contribution is 6.31. The first-order chi connectivity index (χ1) is 11.4. The highest BCUT2D eigenvalue weighted by atomic mass is 35.5. The lowest BCUT2D eigenvalue weighted by atomic mass is 10.1. The summed E-state index contributed by atoms with van der Waals surface area (Å²) in [7, 11) is 0. The Bertz CT molecular complexity index is 784. The number of ether oxygens (including phenoxy) is 1. The van der Waals surface area contributed by atoms with Gasteiger partial charge in [-0.2, -0.15) is 0 Å². The minimum atomic E-state index is -0.825. The number of hydrogen-bond acceptors (Lipinski definition) is 4. The van der Waals surface area contributed by atoms with Gasteiger partial charge in [0.2, 0.25) is 5.91 Å². The van der Waals surface area contributed by atoms with Gasteiger partial charge in [-0.15, -0.1) is 0 Å². The van der Waals surface area contributed by atoms with Gasteiger partial charge in [0.05, 0.1) is 35.5 Å². The number of halogens is 3. The van der Waals surface area contributed by atoms with E-state index in [4.69, 9.17) is 16.3 Å². The molecule has 1 aromatic heterocycles.